The number of nitrogens with zero attached hydrogens (tertiary/aromatic N) is 3. The van der Waals surface area contributed by atoms with Crippen LogP contribution in [-0.2, 0) is 11.2 Å². The van der Waals surface area contributed by atoms with E-state index in [4.69, 9.17) is 21.8 Å². The summed E-state index contributed by atoms with van der Waals surface area (Å²) in [6.07, 6.45) is 5.25. The molecule has 0 saturated carbocycles. The second-order valence-electron chi connectivity index (χ2n) is 10.2. The van der Waals surface area contributed by atoms with E-state index < -0.39 is 0 Å². The molecule has 0 atom stereocenters. The van der Waals surface area contributed by atoms with Gasteiger partial charge in [0, 0.05) is 56.3 Å². The Hall–Kier alpha value is -2.97. The maximum Gasteiger partial charge on any atom is 0.257 e. The Morgan fingerprint density at radius 2 is 1.68 bits per heavy atom. The van der Waals surface area contributed by atoms with Gasteiger partial charge in [0.15, 0.2) is 5.75 Å². The Morgan fingerprint density at radius 1 is 0.946 bits per heavy atom. The fraction of sp³-hybridized carbons (Fsp3) is 0.483. The molecule has 0 N–H and O–H groups in total. The van der Waals surface area contributed by atoms with Crippen LogP contribution in [0.1, 0.15) is 54.9 Å². The minimum Gasteiger partial charge on any atom is -0.496 e. The SMILES string of the molecule is COc1cc(ON2CCC(C(C)=O)CC2)ccc1C(=O)N1CCC(N2C(=S)CCc3ccccc32)CC1. The highest BCUT2D eigenvalue weighted by molar-refractivity contribution is 7.80. The summed E-state index contributed by atoms with van der Waals surface area (Å²) in [6.45, 7) is 4.42. The number of carbonyl (C=O) groups excluding carboxylic acids is 2. The third-order valence-corrected chi connectivity index (χ3v) is 8.31. The number of hydroxylamine groups is 2. The van der Waals surface area contributed by atoms with Gasteiger partial charge in [-0.3, -0.25) is 9.59 Å². The van der Waals surface area contributed by atoms with Crippen LogP contribution in [0.4, 0.5) is 5.69 Å². The number of methoxy groups -OCH3 is 1. The van der Waals surface area contributed by atoms with Crippen LogP contribution in [-0.4, -0.2) is 66.0 Å². The van der Waals surface area contributed by atoms with Crippen molar-refractivity contribution in [3.8, 4) is 11.5 Å². The molecule has 2 fully saturated rings. The lowest BCUT2D eigenvalue weighted by molar-refractivity contribution is -0.127. The number of hydrogen-bond donors (Lipinski definition) is 0. The highest BCUT2D eigenvalue weighted by atomic mass is 32.1. The van der Waals surface area contributed by atoms with E-state index in [-0.39, 0.29) is 17.6 Å². The number of fused-ring (bicyclic) bond motifs is 1. The van der Waals surface area contributed by atoms with Crippen LogP contribution < -0.4 is 14.5 Å². The Morgan fingerprint density at radius 3 is 2.38 bits per heavy atom. The number of amides is 1. The lowest BCUT2D eigenvalue weighted by Gasteiger charge is -2.42. The molecule has 196 valence electrons. The van der Waals surface area contributed by atoms with Crippen LogP contribution in [0.15, 0.2) is 42.5 Å². The molecule has 0 unspecified atom stereocenters. The van der Waals surface area contributed by atoms with Crippen molar-refractivity contribution < 1.29 is 19.2 Å². The number of Topliss-reactive ketones (excluding diaryl/α,β-unsaturated/α-hetero) is 1. The van der Waals surface area contributed by atoms with Crippen molar-refractivity contribution in [3.63, 3.8) is 0 Å². The molecule has 2 aromatic rings. The van der Waals surface area contributed by atoms with Gasteiger partial charge in [0.25, 0.3) is 5.91 Å². The van der Waals surface area contributed by atoms with Gasteiger partial charge >= 0.3 is 0 Å². The molecular formula is C29H35N3O4S. The number of carbonyl (C=O) groups is 2. The lowest BCUT2D eigenvalue weighted by atomic mass is 9.94. The van der Waals surface area contributed by atoms with E-state index in [9.17, 15) is 9.59 Å². The number of hydrogen-bond acceptors (Lipinski definition) is 6. The van der Waals surface area contributed by atoms with Gasteiger partial charge in [-0.1, -0.05) is 30.4 Å². The monoisotopic (exact) mass is 521 g/mol. The first-order valence-corrected chi connectivity index (χ1v) is 13.7. The zero-order valence-electron chi connectivity index (χ0n) is 21.7. The maximum absolute atomic E-state index is 13.4. The third-order valence-electron chi connectivity index (χ3n) is 7.91. The topological polar surface area (TPSA) is 62.3 Å². The number of anilines is 1. The third kappa shape index (κ3) is 5.50. The van der Waals surface area contributed by atoms with Gasteiger partial charge in [0.2, 0.25) is 0 Å². The van der Waals surface area contributed by atoms with Crippen LogP contribution in [0, 0.1) is 5.92 Å². The average molecular weight is 522 g/mol. The lowest BCUT2D eigenvalue weighted by Crippen LogP contribution is -2.50. The molecule has 8 heteroatoms. The second-order valence-corrected chi connectivity index (χ2v) is 10.7. The van der Waals surface area contributed by atoms with Gasteiger partial charge in [-0.2, -0.15) is 0 Å². The van der Waals surface area contributed by atoms with Crippen LogP contribution >= 0.6 is 12.2 Å². The fourth-order valence-corrected chi connectivity index (χ4v) is 6.11. The number of rotatable bonds is 6. The Bertz CT molecular complexity index is 1170. The van der Waals surface area contributed by atoms with Gasteiger partial charge < -0.3 is 19.4 Å². The average Bonchev–Trinajstić information content (AvgIpc) is 2.93. The molecule has 3 aliphatic heterocycles. The molecule has 0 aliphatic carbocycles. The summed E-state index contributed by atoms with van der Waals surface area (Å²) in [7, 11) is 1.58. The summed E-state index contributed by atoms with van der Waals surface area (Å²) in [5.74, 6) is 1.49. The van der Waals surface area contributed by atoms with Gasteiger partial charge in [0.05, 0.1) is 17.7 Å². The van der Waals surface area contributed by atoms with E-state index in [0.717, 1.165) is 43.5 Å². The summed E-state index contributed by atoms with van der Waals surface area (Å²) in [5.41, 5.74) is 3.12. The molecule has 0 radical (unpaired) electrons. The number of likely N-dealkylation sites (tertiary alicyclic amines) is 1. The predicted octanol–water partition coefficient (Wildman–Crippen LogP) is 4.67. The normalized spacial score (nSPS) is 19.5. The minimum atomic E-state index is -0.0225. The quantitative estimate of drug-likeness (QED) is 0.512. The molecule has 3 heterocycles. The molecule has 2 aromatic carbocycles. The summed E-state index contributed by atoms with van der Waals surface area (Å²) < 4.78 is 5.59. The molecule has 0 aromatic heterocycles. The smallest absolute Gasteiger partial charge is 0.257 e. The number of thiocarbonyl (C=S) groups is 1. The summed E-state index contributed by atoms with van der Waals surface area (Å²) in [6, 6.07) is 14.2. The first-order chi connectivity index (χ1) is 17.9. The highest BCUT2D eigenvalue weighted by Gasteiger charge is 2.33. The first kappa shape index (κ1) is 25.7. The van der Waals surface area contributed by atoms with Gasteiger partial charge in [0.1, 0.15) is 11.5 Å². The van der Waals surface area contributed by atoms with Crippen molar-refractivity contribution in [2.24, 2.45) is 5.92 Å². The zero-order valence-corrected chi connectivity index (χ0v) is 22.5. The largest absolute Gasteiger partial charge is 0.496 e. The molecule has 2 saturated heterocycles. The van der Waals surface area contributed by atoms with Crippen LogP contribution in [0.25, 0.3) is 0 Å². The van der Waals surface area contributed by atoms with Gasteiger partial charge in [-0.25, -0.2) is 0 Å². The summed E-state index contributed by atoms with van der Waals surface area (Å²) in [5, 5.41) is 1.88. The molecule has 0 bridgehead atoms. The number of piperidine rings is 2. The molecule has 3 aliphatic rings. The Balaban J connectivity index is 1.21. The number of ketones is 1. The number of aryl methyl sites for hydroxylation is 1. The standard InChI is InChI=1S/C29H35N3O4S/c1-20(33)21-11-17-31(18-12-21)36-24-8-9-25(27(19-24)35-2)29(34)30-15-13-23(14-16-30)32-26-6-4-3-5-22(26)7-10-28(32)37/h3-6,8-9,19,21,23H,7,10-18H2,1-2H3. The highest BCUT2D eigenvalue weighted by Crippen LogP contribution is 2.34. The summed E-state index contributed by atoms with van der Waals surface area (Å²) in [4.78, 5) is 36.4. The van der Waals surface area contributed by atoms with Crippen molar-refractivity contribution >= 4 is 34.6 Å². The molecular weight excluding hydrogens is 486 g/mol. The van der Waals surface area contributed by atoms with E-state index in [1.165, 1.54) is 11.3 Å². The molecule has 5 rings (SSSR count). The van der Waals surface area contributed by atoms with E-state index >= 15 is 0 Å². The predicted molar refractivity (Wildman–Crippen MR) is 147 cm³/mol. The van der Waals surface area contributed by atoms with Gasteiger partial charge in [-0.15, -0.1) is 5.06 Å². The van der Waals surface area contributed by atoms with Crippen molar-refractivity contribution in [2.75, 3.05) is 38.2 Å². The molecule has 1 amide bonds. The van der Waals surface area contributed by atoms with Crippen molar-refractivity contribution in [1.82, 2.24) is 9.96 Å². The van der Waals surface area contributed by atoms with Crippen molar-refractivity contribution in [3.05, 3.63) is 53.6 Å². The first-order valence-electron chi connectivity index (χ1n) is 13.2. The Labute approximate surface area is 224 Å². The molecule has 0 spiro atoms. The minimum absolute atomic E-state index is 0.0225. The zero-order chi connectivity index (χ0) is 25.9. The molecule has 37 heavy (non-hydrogen) atoms. The van der Waals surface area contributed by atoms with Crippen molar-refractivity contribution in [1.29, 1.82) is 0 Å². The number of benzene rings is 2. The molecule has 7 nitrogen and oxygen atoms in total. The van der Waals surface area contributed by atoms with Gasteiger partial charge in [-0.05, 0) is 62.8 Å². The maximum atomic E-state index is 13.4. The van der Waals surface area contributed by atoms with Crippen LogP contribution in [0.2, 0.25) is 0 Å². The van der Waals surface area contributed by atoms with Crippen LogP contribution in [0.5, 0.6) is 11.5 Å². The van der Waals surface area contributed by atoms with E-state index in [1.54, 1.807) is 26.2 Å². The Kier molecular flexibility index (Phi) is 7.76. The van der Waals surface area contributed by atoms with E-state index in [0.29, 0.717) is 49.3 Å². The van der Waals surface area contributed by atoms with Crippen molar-refractivity contribution in [2.45, 2.75) is 51.5 Å². The van der Waals surface area contributed by atoms with E-state index in [1.807, 2.05) is 16.0 Å². The number of para-hydroxylation sites is 1. The van der Waals surface area contributed by atoms with E-state index in [2.05, 4.69) is 29.2 Å². The van der Waals surface area contributed by atoms with Crippen LogP contribution in [0.3, 0.4) is 0 Å². The summed E-state index contributed by atoms with van der Waals surface area (Å²) >= 11 is 5.76. The fourth-order valence-electron chi connectivity index (χ4n) is 5.76. The number of ether oxygens (including phenoxy) is 1. The second kappa shape index (κ2) is 11.2.